The van der Waals surface area contributed by atoms with Crippen molar-refractivity contribution in [2.24, 2.45) is 5.92 Å². The minimum Gasteiger partial charge on any atom is -0.494 e. The molecule has 4 amide bonds. The molecule has 2 aliphatic rings. The van der Waals surface area contributed by atoms with Crippen LogP contribution in [0.4, 0.5) is 23.7 Å². The molecule has 1 aliphatic heterocycles. The van der Waals surface area contributed by atoms with Crippen LogP contribution in [0.3, 0.4) is 0 Å². The molecule has 35 heavy (non-hydrogen) atoms. The zero-order valence-corrected chi connectivity index (χ0v) is 19.1. The number of hydrogen-bond donors (Lipinski definition) is 2. The van der Waals surface area contributed by atoms with Gasteiger partial charge in [-0.2, -0.15) is 13.2 Å². The maximum Gasteiger partial charge on any atom is 0.416 e. The monoisotopic (exact) mass is 491 g/mol. The van der Waals surface area contributed by atoms with E-state index in [1.165, 1.54) is 0 Å². The van der Waals surface area contributed by atoms with Gasteiger partial charge in [0.05, 0.1) is 17.9 Å². The summed E-state index contributed by atoms with van der Waals surface area (Å²) in [6.45, 7) is 3.25. The maximum absolute atomic E-state index is 13.3. The van der Waals surface area contributed by atoms with Gasteiger partial charge in [-0.15, -0.1) is 0 Å². The van der Waals surface area contributed by atoms with Crippen molar-refractivity contribution in [1.29, 1.82) is 0 Å². The maximum atomic E-state index is 13.3. The van der Waals surface area contributed by atoms with Gasteiger partial charge in [0, 0.05) is 0 Å². The third-order valence-corrected chi connectivity index (χ3v) is 5.94. The summed E-state index contributed by atoms with van der Waals surface area (Å²) in [5.74, 6) is -0.523. The lowest BCUT2D eigenvalue weighted by Crippen LogP contribution is -2.46. The lowest BCUT2D eigenvalue weighted by Gasteiger charge is -2.21. The van der Waals surface area contributed by atoms with Crippen LogP contribution in [0, 0.1) is 5.92 Å². The number of hydrogen-bond acceptors (Lipinski definition) is 5. The second-order valence-electron chi connectivity index (χ2n) is 8.56. The lowest BCUT2D eigenvalue weighted by atomic mass is 9.96. The van der Waals surface area contributed by atoms with E-state index in [1.54, 1.807) is 31.2 Å². The van der Waals surface area contributed by atoms with Crippen LogP contribution >= 0.6 is 0 Å². The van der Waals surface area contributed by atoms with Gasteiger partial charge in [0.15, 0.2) is 5.75 Å². The third-order valence-electron chi connectivity index (χ3n) is 5.94. The van der Waals surface area contributed by atoms with Gasteiger partial charge < -0.3 is 20.1 Å². The zero-order chi connectivity index (χ0) is 25.4. The Morgan fingerprint density at radius 2 is 1.80 bits per heavy atom. The molecule has 1 saturated carbocycles. The Bertz CT molecular complexity index is 1150. The van der Waals surface area contributed by atoms with Crippen molar-refractivity contribution in [2.45, 2.75) is 38.4 Å². The number of halogens is 3. The van der Waals surface area contributed by atoms with Crippen molar-refractivity contribution in [2.75, 3.05) is 18.5 Å². The van der Waals surface area contributed by atoms with Crippen LogP contribution < -0.4 is 20.1 Å². The predicted octanol–water partition coefficient (Wildman–Crippen LogP) is 4.56. The van der Waals surface area contributed by atoms with Gasteiger partial charge in [-0.25, -0.2) is 4.79 Å². The number of nitrogens with one attached hydrogen (secondary N) is 2. The molecular weight excluding hydrogens is 467 g/mol. The van der Waals surface area contributed by atoms with Gasteiger partial charge in [-0.05, 0) is 75.1 Å². The zero-order valence-electron chi connectivity index (χ0n) is 19.1. The number of carbonyl (C=O) groups is 3. The van der Waals surface area contributed by atoms with Gasteiger partial charge in [-0.1, -0.05) is 0 Å². The summed E-state index contributed by atoms with van der Waals surface area (Å²) >= 11 is 0. The van der Waals surface area contributed by atoms with Crippen LogP contribution in [0.25, 0.3) is 0 Å². The number of carbonyl (C=O) groups excluding carboxylic acids is 3. The highest BCUT2D eigenvalue weighted by Crippen LogP contribution is 2.42. The van der Waals surface area contributed by atoms with Gasteiger partial charge in [0.25, 0.3) is 5.91 Å². The molecule has 2 fully saturated rings. The molecule has 0 aromatic heterocycles. The number of amides is 4. The van der Waals surface area contributed by atoms with E-state index in [4.69, 9.17) is 9.47 Å². The molecule has 1 atom stereocenters. The van der Waals surface area contributed by atoms with Crippen LogP contribution in [-0.4, -0.2) is 41.4 Å². The minimum absolute atomic E-state index is 0.00426. The first-order valence-corrected chi connectivity index (χ1v) is 11.1. The van der Waals surface area contributed by atoms with Gasteiger partial charge >= 0.3 is 12.2 Å². The van der Waals surface area contributed by atoms with E-state index in [0.717, 1.165) is 35.9 Å². The smallest absolute Gasteiger partial charge is 0.416 e. The van der Waals surface area contributed by atoms with E-state index in [-0.39, 0.29) is 17.4 Å². The fraction of sp³-hybridized carbons (Fsp3) is 0.375. The van der Waals surface area contributed by atoms with E-state index in [1.807, 2.05) is 6.92 Å². The molecule has 8 nitrogen and oxygen atoms in total. The molecule has 1 saturated heterocycles. The van der Waals surface area contributed by atoms with E-state index in [2.05, 4.69) is 10.6 Å². The van der Waals surface area contributed by atoms with Crippen LogP contribution in [0.5, 0.6) is 17.2 Å². The molecule has 0 spiro atoms. The van der Waals surface area contributed by atoms with Crippen molar-refractivity contribution < 1.29 is 37.0 Å². The number of alkyl halides is 3. The first-order valence-electron chi connectivity index (χ1n) is 11.1. The highest BCUT2D eigenvalue weighted by Gasteiger charge is 2.56. The number of urea groups is 1. The molecular formula is C24H24F3N3O5. The average molecular weight is 491 g/mol. The van der Waals surface area contributed by atoms with Crippen LogP contribution in [0.1, 0.15) is 32.3 Å². The Balaban J connectivity index is 1.53. The van der Waals surface area contributed by atoms with Crippen molar-refractivity contribution in [3.63, 3.8) is 0 Å². The van der Waals surface area contributed by atoms with Crippen LogP contribution in [-0.2, 0) is 15.8 Å². The Morgan fingerprint density at radius 3 is 2.40 bits per heavy atom. The number of rotatable bonds is 8. The van der Waals surface area contributed by atoms with Gasteiger partial charge in [0.2, 0.25) is 5.91 Å². The molecule has 1 heterocycles. The van der Waals surface area contributed by atoms with Gasteiger partial charge in [-0.3, -0.25) is 14.5 Å². The topological polar surface area (TPSA) is 97.0 Å². The Hall–Kier alpha value is -3.76. The predicted molar refractivity (Wildman–Crippen MR) is 119 cm³/mol. The second kappa shape index (κ2) is 9.12. The molecule has 2 aromatic carbocycles. The molecule has 1 aliphatic carbocycles. The Labute approximate surface area is 199 Å². The quantitative estimate of drug-likeness (QED) is 0.528. The molecule has 0 bridgehead atoms. The highest BCUT2D eigenvalue weighted by molar-refractivity contribution is 6.10. The van der Waals surface area contributed by atoms with Crippen molar-refractivity contribution in [3.8, 4) is 17.2 Å². The van der Waals surface area contributed by atoms with Crippen molar-refractivity contribution >= 4 is 23.5 Å². The summed E-state index contributed by atoms with van der Waals surface area (Å²) in [6, 6.07) is 8.35. The van der Waals surface area contributed by atoms with Crippen LogP contribution in [0.15, 0.2) is 42.5 Å². The Kier molecular flexibility index (Phi) is 6.35. The largest absolute Gasteiger partial charge is 0.494 e. The first-order chi connectivity index (χ1) is 16.5. The molecule has 11 heteroatoms. The van der Waals surface area contributed by atoms with E-state index in [9.17, 15) is 27.6 Å². The van der Waals surface area contributed by atoms with Crippen molar-refractivity contribution in [3.05, 3.63) is 48.0 Å². The van der Waals surface area contributed by atoms with Gasteiger partial charge in [0.1, 0.15) is 23.6 Å². The average Bonchev–Trinajstić information content (AvgIpc) is 3.62. The summed E-state index contributed by atoms with van der Waals surface area (Å²) in [5, 5.41) is 4.97. The van der Waals surface area contributed by atoms with E-state index >= 15 is 0 Å². The Morgan fingerprint density at radius 1 is 1.14 bits per heavy atom. The first kappa shape index (κ1) is 24.4. The normalized spacial score (nSPS) is 20.0. The highest BCUT2D eigenvalue weighted by atomic mass is 19.4. The summed E-state index contributed by atoms with van der Waals surface area (Å²) in [6.07, 6.45) is -3.08. The summed E-state index contributed by atoms with van der Waals surface area (Å²) in [4.78, 5) is 38.5. The molecule has 2 N–H and O–H groups in total. The summed E-state index contributed by atoms with van der Waals surface area (Å²) < 4.78 is 51.0. The standard InChI is InChI=1S/C24H24F3N3O5/c1-3-34-16-7-9-17(10-8-16)35-19-11-6-15(24(25,26)27)12-18(19)28-20(31)13-30-21(32)23(2,14-4-5-14)29-22(30)33/h6-12,14H,3-5,13H2,1-2H3,(H,28,31)(H,29,33). The number of benzene rings is 2. The SMILES string of the molecule is CCOc1ccc(Oc2ccc(C(F)(F)F)cc2NC(=O)CN2C(=O)NC(C)(C3CC3)C2=O)cc1. The number of nitrogens with zero attached hydrogens (tertiary/aromatic N) is 1. The number of ether oxygens (including phenoxy) is 2. The minimum atomic E-state index is -4.66. The summed E-state index contributed by atoms with van der Waals surface area (Å²) in [7, 11) is 0. The summed E-state index contributed by atoms with van der Waals surface area (Å²) in [5.41, 5.74) is -2.32. The van der Waals surface area contributed by atoms with E-state index in [0.29, 0.717) is 18.1 Å². The molecule has 186 valence electrons. The second-order valence-corrected chi connectivity index (χ2v) is 8.56. The number of anilines is 1. The third kappa shape index (κ3) is 5.18. The fourth-order valence-electron chi connectivity index (χ4n) is 3.92. The lowest BCUT2D eigenvalue weighted by molar-refractivity contribution is -0.137. The molecule has 2 aromatic rings. The van der Waals surface area contributed by atoms with Crippen molar-refractivity contribution in [1.82, 2.24) is 10.2 Å². The molecule has 0 radical (unpaired) electrons. The molecule has 4 rings (SSSR count). The fourth-order valence-corrected chi connectivity index (χ4v) is 3.92. The van der Waals surface area contributed by atoms with E-state index < -0.39 is 41.7 Å². The van der Waals surface area contributed by atoms with Crippen LogP contribution in [0.2, 0.25) is 0 Å². The molecule has 1 unspecified atom stereocenters. The number of imide groups is 1.